The van der Waals surface area contributed by atoms with Crippen molar-refractivity contribution in [2.45, 2.75) is 0 Å². The van der Waals surface area contributed by atoms with E-state index in [2.05, 4.69) is 0 Å². The van der Waals surface area contributed by atoms with Crippen LogP contribution in [0.4, 0.5) is 4.39 Å². The normalized spacial score (nSPS) is 10.0. The van der Waals surface area contributed by atoms with E-state index in [4.69, 9.17) is 10.0 Å². The van der Waals surface area contributed by atoms with Crippen LogP contribution in [0.15, 0.2) is 12.3 Å². The van der Waals surface area contributed by atoms with E-state index >= 15 is 0 Å². The fourth-order valence-corrected chi connectivity index (χ4v) is 0.703. The monoisotopic (exact) mass is 143 g/mol. The topological polar surface area (TPSA) is 45.4 Å². The highest BCUT2D eigenvalue weighted by Crippen LogP contribution is 1.93. The molecule has 5 heteroatoms. The molecule has 0 fully saturated rings. The predicted octanol–water partition coefficient (Wildman–Crippen LogP) is -1.16. The van der Waals surface area contributed by atoms with E-state index in [-0.39, 0.29) is 5.46 Å². The second-order valence-electron chi connectivity index (χ2n) is 2.08. The molecule has 0 amide bonds. The summed E-state index contributed by atoms with van der Waals surface area (Å²) in [5.41, 5.74) is 0.167. The molecule has 0 bridgehead atoms. The fraction of sp³-hybridized carbons (Fsp3) is 0.200. The maximum Gasteiger partial charge on any atom is 0.490 e. The molecule has 0 saturated heterocycles. The van der Waals surface area contributed by atoms with Crippen molar-refractivity contribution in [3.8, 4) is 0 Å². The smallest absolute Gasteiger partial charge is 0.423 e. The molecule has 10 heavy (non-hydrogen) atoms. The number of rotatable bonds is 1. The largest absolute Gasteiger partial charge is 0.490 e. The zero-order chi connectivity index (χ0) is 7.72. The Kier molecular flexibility index (Phi) is 1.78. The van der Waals surface area contributed by atoms with Crippen LogP contribution in [0.5, 0.6) is 0 Å². The Bertz CT molecular complexity index is 216. The molecule has 0 aromatic carbocycles. The molecule has 0 unspecified atom stereocenters. The van der Waals surface area contributed by atoms with Gasteiger partial charge in [0.2, 0.25) is 0 Å². The van der Waals surface area contributed by atoms with Gasteiger partial charge in [-0.25, -0.2) is 0 Å². The first-order valence-electron chi connectivity index (χ1n) is 2.79. The Morgan fingerprint density at radius 3 is 2.40 bits per heavy atom. The van der Waals surface area contributed by atoms with E-state index in [0.717, 1.165) is 6.07 Å². The van der Waals surface area contributed by atoms with E-state index in [1.807, 2.05) is 0 Å². The number of halogens is 1. The van der Waals surface area contributed by atoms with Crippen LogP contribution in [0, 0.1) is 5.95 Å². The van der Waals surface area contributed by atoms with Crippen molar-refractivity contribution in [1.82, 2.24) is 4.57 Å². The molecule has 0 aliphatic rings. The first-order chi connectivity index (χ1) is 4.61. The third kappa shape index (κ3) is 1.20. The number of hydrogen-bond donors (Lipinski definition) is 2. The van der Waals surface area contributed by atoms with Crippen LogP contribution in [-0.4, -0.2) is 21.7 Å². The van der Waals surface area contributed by atoms with Gasteiger partial charge in [0.1, 0.15) is 0 Å². The van der Waals surface area contributed by atoms with Gasteiger partial charge in [0.25, 0.3) is 0 Å². The lowest BCUT2D eigenvalue weighted by Gasteiger charge is -1.89. The van der Waals surface area contributed by atoms with Crippen LogP contribution in [0.1, 0.15) is 0 Å². The van der Waals surface area contributed by atoms with E-state index < -0.39 is 13.1 Å². The second kappa shape index (κ2) is 2.44. The molecular formula is C5H7BFNO2. The molecule has 0 atom stereocenters. The molecule has 1 rings (SSSR count). The minimum atomic E-state index is -1.59. The highest BCUT2D eigenvalue weighted by molar-refractivity contribution is 6.58. The van der Waals surface area contributed by atoms with Gasteiger partial charge >= 0.3 is 7.12 Å². The summed E-state index contributed by atoms with van der Waals surface area (Å²) in [5, 5.41) is 17.1. The van der Waals surface area contributed by atoms with E-state index in [1.54, 1.807) is 0 Å². The first kappa shape index (κ1) is 7.30. The zero-order valence-corrected chi connectivity index (χ0v) is 5.45. The molecule has 1 heterocycles. The predicted molar refractivity (Wildman–Crippen MR) is 35.2 cm³/mol. The number of nitrogens with zero attached hydrogens (tertiary/aromatic N) is 1. The molecule has 2 N–H and O–H groups in total. The van der Waals surface area contributed by atoms with E-state index in [0.29, 0.717) is 0 Å². The maximum atomic E-state index is 12.4. The molecule has 0 saturated carbocycles. The Balaban J connectivity index is 2.98. The van der Waals surface area contributed by atoms with Crippen LogP contribution in [0.25, 0.3) is 0 Å². The van der Waals surface area contributed by atoms with Crippen molar-refractivity contribution in [2.24, 2.45) is 7.05 Å². The summed E-state index contributed by atoms with van der Waals surface area (Å²) < 4.78 is 13.6. The standard InChI is InChI=1S/C5H7BFNO2/c1-8-3-4(6(9)10)2-5(8)7/h2-3,9-10H,1H3. The van der Waals surface area contributed by atoms with Crippen LogP contribution >= 0.6 is 0 Å². The van der Waals surface area contributed by atoms with Gasteiger partial charge in [-0.05, 0) is 6.07 Å². The highest BCUT2D eigenvalue weighted by Gasteiger charge is 2.13. The lowest BCUT2D eigenvalue weighted by Crippen LogP contribution is -2.28. The summed E-state index contributed by atoms with van der Waals surface area (Å²) in [6.07, 6.45) is 1.32. The van der Waals surface area contributed by atoms with Crippen LogP contribution in [0.3, 0.4) is 0 Å². The van der Waals surface area contributed by atoms with Crippen molar-refractivity contribution < 1.29 is 14.4 Å². The number of aryl methyl sites for hydroxylation is 1. The van der Waals surface area contributed by atoms with Crippen molar-refractivity contribution in [3.05, 3.63) is 18.2 Å². The quantitative estimate of drug-likeness (QED) is 0.487. The molecule has 0 spiro atoms. The van der Waals surface area contributed by atoms with E-state index in [1.165, 1.54) is 17.8 Å². The summed E-state index contributed by atoms with van der Waals surface area (Å²) in [6.45, 7) is 0. The summed E-state index contributed by atoms with van der Waals surface area (Å²) in [4.78, 5) is 0. The van der Waals surface area contributed by atoms with Crippen molar-refractivity contribution in [2.75, 3.05) is 0 Å². The number of hydrogen-bond acceptors (Lipinski definition) is 2. The van der Waals surface area contributed by atoms with Crippen LogP contribution in [0.2, 0.25) is 0 Å². The third-order valence-electron chi connectivity index (χ3n) is 1.26. The molecule has 0 aliphatic heterocycles. The Morgan fingerprint density at radius 2 is 2.20 bits per heavy atom. The van der Waals surface area contributed by atoms with Crippen LogP contribution < -0.4 is 5.46 Å². The van der Waals surface area contributed by atoms with Gasteiger partial charge in [-0.2, -0.15) is 4.39 Å². The SMILES string of the molecule is Cn1cc(B(O)O)cc1F. The Labute approximate surface area is 57.9 Å². The molecular weight excluding hydrogens is 136 g/mol. The fourth-order valence-electron chi connectivity index (χ4n) is 0.703. The van der Waals surface area contributed by atoms with E-state index in [9.17, 15) is 4.39 Å². The number of aromatic nitrogens is 1. The maximum absolute atomic E-state index is 12.4. The van der Waals surface area contributed by atoms with Gasteiger partial charge in [-0.15, -0.1) is 0 Å². The summed E-state index contributed by atoms with van der Waals surface area (Å²) in [6, 6.07) is 1.07. The zero-order valence-electron chi connectivity index (χ0n) is 5.45. The second-order valence-corrected chi connectivity index (χ2v) is 2.08. The summed E-state index contributed by atoms with van der Waals surface area (Å²) >= 11 is 0. The molecule has 1 aromatic rings. The highest BCUT2D eigenvalue weighted by atomic mass is 19.1. The lowest BCUT2D eigenvalue weighted by molar-refractivity contribution is 0.425. The van der Waals surface area contributed by atoms with Gasteiger partial charge in [0.15, 0.2) is 5.95 Å². The van der Waals surface area contributed by atoms with Crippen LogP contribution in [-0.2, 0) is 7.05 Å². The summed E-state index contributed by atoms with van der Waals surface area (Å²) in [5.74, 6) is -0.483. The Hall–Kier alpha value is -0.805. The molecule has 1 aromatic heterocycles. The van der Waals surface area contributed by atoms with Crippen molar-refractivity contribution >= 4 is 12.6 Å². The molecule has 3 nitrogen and oxygen atoms in total. The molecule has 0 aliphatic carbocycles. The summed E-state index contributed by atoms with van der Waals surface area (Å²) in [7, 11) is -0.100. The van der Waals surface area contributed by atoms with Gasteiger partial charge in [-0.3, -0.25) is 0 Å². The van der Waals surface area contributed by atoms with Gasteiger partial charge in [0, 0.05) is 18.7 Å². The van der Waals surface area contributed by atoms with Crippen molar-refractivity contribution in [1.29, 1.82) is 0 Å². The average Bonchev–Trinajstić information content (AvgIpc) is 2.13. The lowest BCUT2D eigenvalue weighted by atomic mass is 9.83. The third-order valence-corrected chi connectivity index (χ3v) is 1.26. The van der Waals surface area contributed by atoms with Gasteiger partial charge < -0.3 is 14.6 Å². The average molecular weight is 143 g/mol. The minimum Gasteiger partial charge on any atom is -0.423 e. The van der Waals surface area contributed by atoms with Crippen molar-refractivity contribution in [3.63, 3.8) is 0 Å². The molecule has 54 valence electrons. The Morgan fingerprint density at radius 1 is 1.60 bits per heavy atom. The van der Waals surface area contributed by atoms with Gasteiger partial charge in [0.05, 0.1) is 0 Å². The van der Waals surface area contributed by atoms with Gasteiger partial charge in [-0.1, -0.05) is 0 Å². The molecule has 0 radical (unpaired) electrons. The minimum absolute atomic E-state index is 0.167. The first-order valence-corrected chi connectivity index (χ1v) is 2.79.